The lowest BCUT2D eigenvalue weighted by Crippen LogP contribution is -2.49. The quantitative estimate of drug-likeness (QED) is 0.854. The first kappa shape index (κ1) is 16.4. The van der Waals surface area contributed by atoms with Crippen LogP contribution in [0.3, 0.4) is 0 Å². The summed E-state index contributed by atoms with van der Waals surface area (Å²) in [6.45, 7) is 1.53. The zero-order valence-corrected chi connectivity index (χ0v) is 13.1. The minimum atomic E-state index is -1.01. The Morgan fingerprint density at radius 1 is 1.05 bits per heavy atom. The van der Waals surface area contributed by atoms with Gasteiger partial charge in [-0.3, -0.25) is 0 Å². The molecule has 1 aliphatic carbocycles. The summed E-state index contributed by atoms with van der Waals surface area (Å²) in [5.74, 6) is -1.76. The third-order valence-corrected chi connectivity index (χ3v) is 4.97. The highest BCUT2D eigenvalue weighted by atomic mass is 19.2. The molecule has 0 spiro atoms. The van der Waals surface area contributed by atoms with Crippen molar-refractivity contribution in [3.63, 3.8) is 0 Å². The van der Waals surface area contributed by atoms with Gasteiger partial charge in [0.2, 0.25) is 0 Å². The number of benzene rings is 1. The average Bonchev–Trinajstić information content (AvgIpc) is 2.71. The number of nitrogens with zero attached hydrogens (tertiary/aromatic N) is 1. The molecule has 1 aromatic rings. The third kappa shape index (κ3) is 2.97. The second-order valence-corrected chi connectivity index (χ2v) is 6.41. The summed E-state index contributed by atoms with van der Waals surface area (Å²) in [6, 6.07) is 3.06. The van der Waals surface area contributed by atoms with Crippen LogP contribution in [0.15, 0.2) is 12.1 Å². The van der Waals surface area contributed by atoms with E-state index in [1.807, 2.05) is 19.0 Å². The van der Waals surface area contributed by atoms with Crippen molar-refractivity contribution in [1.82, 2.24) is 4.90 Å². The summed E-state index contributed by atoms with van der Waals surface area (Å²) < 4.78 is 28.1. The van der Waals surface area contributed by atoms with Crippen molar-refractivity contribution in [2.24, 2.45) is 0 Å². The molecular formula is C17H25F2NO. The summed E-state index contributed by atoms with van der Waals surface area (Å²) in [5, 5.41) is 10.8. The van der Waals surface area contributed by atoms with Gasteiger partial charge in [-0.25, -0.2) is 8.78 Å². The predicted octanol–water partition coefficient (Wildman–Crippen LogP) is 3.96. The van der Waals surface area contributed by atoms with Crippen molar-refractivity contribution in [2.45, 2.75) is 57.1 Å². The molecule has 1 fully saturated rings. The molecule has 1 unspecified atom stereocenters. The fourth-order valence-corrected chi connectivity index (χ4v) is 3.47. The van der Waals surface area contributed by atoms with Gasteiger partial charge in [-0.05, 0) is 39.4 Å². The molecule has 118 valence electrons. The second kappa shape index (κ2) is 6.41. The Hall–Kier alpha value is -1.00. The Labute approximate surface area is 125 Å². The van der Waals surface area contributed by atoms with Crippen molar-refractivity contribution < 1.29 is 13.9 Å². The van der Waals surface area contributed by atoms with Crippen molar-refractivity contribution >= 4 is 0 Å². The van der Waals surface area contributed by atoms with Gasteiger partial charge in [0.15, 0.2) is 11.6 Å². The highest BCUT2D eigenvalue weighted by Crippen LogP contribution is 2.42. The molecule has 0 aliphatic heterocycles. The SMILES string of the molecule is Cc1ccc(C(O)C2(N(C)C)CCCCCC2)c(F)c1F. The van der Waals surface area contributed by atoms with Gasteiger partial charge in [0.05, 0.1) is 5.54 Å². The lowest BCUT2D eigenvalue weighted by Gasteiger charge is -2.43. The van der Waals surface area contributed by atoms with E-state index in [-0.39, 0.29) is 11.1 Å². The van der Waals surface area contributed by atoms with Gasteiger partial charge in [-0.1, -0.05) is 37.8 Å². The monoisotopic (exact) mass is 297 g/mol. The van der Waals surface area contributed by atoms with Gasteiger partial charge in [0, 0.05) is 5.56 Å². The predicted molar refractivity (Wildman–Crippen MR) is 80.2 cm³/mol. The lowest BCUT2D eigenvalue weighted by atomic mass is 9.79. The van der Waals surface area contributed by atoms with Crippen LogP contribution in [0.4, 0.5) is 8.78 Å². The van der Waals surface area contributed by atoms with Crippen molar-refractivity contribution in [1.29, 1.82) is 0 Å². The van der Waals surface area contributed by atoms with Crippen LogP contribution in [0.1, 0.15) is 55.8 Å². The summed E-state index contributed by atoms with van der Waals surface area (Å²) in [5.41, 5.74) is -0.170. The van der Waals surface area contributed by atoms with Gasteiger partial charge < -0.3 is 10.0 Å². The summed E-state index contributed by atoms with van der Waals surface area (Å²) in [7, 11) is 3.83. The molecule has 0 bridgehead atoms. The van der Waals surface area contributed by atoms with Crippen LogP contribution in [0, 0.1) is 18.6 Å². The van der Waals surface area contributed by atoms with E-state index in [0.717, 1.165) is 38.5 Å². The van der Waals surface area contributed by atoms with Crippen molar-refractivity contribution in [3.8, 4) is 0 Å². The molecule has 1 saturated carbocycles. The van der Waals surface area contributed by atoms with E-state index in [9.17, 15) is 13.9 Å². The number of aliphatic hydroxyl groups is 1. The number of aryl methyl sites for hydroxylation is 1. The molecule has 1 N–H and O–H groups in total. The first-order valence-corrected chi connectivity index (χ1v) is 7.70. The minimum Gasteiger partial charge on any atom is -0.386 e. The molecule has 0 radical (unpaired) electrons. The smallest absolute Gasteiger partial charge is 0.164 e. The zero-order valence-electron chi connectivity index (χ0n) is 13.1. The molecule has 0 amide bonds. The third-order valence-electron chi connectivity index (χ3n) is 4.97. The molecule has 4 heteroatoms. The van der Waals surface area contributed by atoms with Crippen LogP contribution in [0.25, 0.3) is 0 Å². The van der Waals surface area contributed by atoms with Gasteiger partial charge in [-0.2, -0.15) is 0 Å². The van der Waals surface area contributed by atoms with Crippen molar-refractivity contribution in [2.75, 3.05) is 14.1 Å². The number of rotatable bonds is 3. The minimum absolute atomic E-state index is 0.0775. The molecule has 1 aromatic carbocycles. The Bertz CT molecular complexity index is 494. The van der Waals surface area contributed by atoms with E-state index in [1.54, 1.807) is 0 Å². The maximum Gasteiger partial charge on any atom is 0.164 e. The molecular weight excluding hydrogens is 272 g/mol. The van der Waals surface area contributed by atoms with Gasteiger partial charge in [-0.15, -0.1) is 0 Å². The van der Waals surface area contributed by atoms with E-state index >= 15 is 0 Å². The number of aliphatic hydroxyl groups excluding tert-OH is 1. The van der Waals surface area contributed by atoms with Crippen LogP contribution in [-0.4, -0.2) is 29.6 Å². The summed E-state index contributed by atoms with van der Waals surface area (Å²) >= 11 is 0. The maximum atomic E-state index is 14.2. The average molecular weight is 297 g/mol. The van der Waals surface area contributed by atoms with E-state index in [2.05, 4.69) is 0 Å². The number of hydrogen-bond acceptors (Lipinski definition) is 2. The lowest BCUT2D eigenvalue weighted by molar-refractivity contribution is -0.0220. The Balaban J connectivity index is 2.43. The number of likely N-dealkylation sites (N-methyl/N-ethyl adjacent to an activating group) is 1. The van der Waals surface area contributed by atoms with Crippen LogP contribution >= 0.6 is 0 Å². The highest BCUT2D eigenvalue weighted by Gasteiger charge is 2.42. The topological polar surface area (TPSA) is 23.5 Å². The molecule has 0 aromatic heterocycles. The van der Waals surface area contributed by atoms with Crippen LogP contribution in [-0.2, 0) is 0 Å². The molecule has 2 nitrogen and oxygen atoms in total. The van der Waals surface area contributed by atoms with E-state index in [4.69, 9.17) is 0 Å². The summed E-state index contributed by atoms with van der Waals surface area (Å²) in [4.78, 5) is 1.99. The van der Waals surface area contributed by atoms with Crippen LogP contribution in [0.5, 0.6) is 0 Å². The Kier molecular flexibility index (Phi) is 4.99. The Morgan fingerprint density at radius 3 is 2.14 bits per heavy atom. The number of halogens is 2. The van der Waals surface area contributed by atoms with Crippen LogP contribution < -0.4 is 0 Å². The van der Waals surface area contributed by atoms with Crippen LogP contribution in [0.2, 0.25) is 0 Å². The fraction of sp³-hybridized carbons (Fsp3) is 0.647. The molecule has 0 saturated heterocycles. The second-order valence-electron chi connectivity index (χ2n) is 6.41. The van der Waals surface area contributed by atoms with Gasteiger partial charge in [0.1, 0.15) is 6.10 Å². The first-order chi connectivity index (χ1) is 9.90. The standard InChI is InChI=1S/C17H25F2NO/c1-12-8-9-13(15(19)14(12)18)16(21)17(20(2)3)10-6-4-5-7-11-17/h8-9,16,21H,4-7,10-11H2,1-3H3. The maximum absolute atomic E-state index is 14.2. The van der Waals surface area contributed by atoms with E-state index in [1.165, 1.54) is 19.1 Å². The van der Waals surface area contributed by atoms with Crippen molar-refractivity contribution in [3.05, 3.63) is 34.9 Å². The normalized spacial score (nSPS) is 20.3. The van der Waals surface area contributed by atoms with E-state index < -0.39 is 23.3 Å². The highest BCUT2D eigenvalue weighted by molar-refractivity contribution is 5.29. The fourth-order valence-electron chi connectivity index (χ4n) is 3.47. The molecule has 1 atom stereocenters. The number of hydrogen-bond donors (Lipinski definition) is 1. The van der Waals surface area contributed by atoms with E-state index in [0.29, 0.717) is 0 Å². The first-order valence-electron chi connectivity index (χ1n) is 7.70. The zero-order chi connectivity index (χ0) is 15.6. The molecule has 1 aliphatic rings. The van der Waals surface area contributed by atoms with Gasteiger partial charge >= 0.3 is 0 Å². The molecule has 0 heterocycles. The Morgan fingerprint density at radius 2 is 1.62 bits per heavy atom. The van der Waals surface area contributed by atoms with Gasteiger partial charge in [0.25, 0.3) is 0 Å². The molecule has 2 rings (SSSR count). The largest absolute Gasteiger partial charge is 0.386 e. The molecule has 21 heavy (non-hydrogen) atoms. The summed E-state index contributed by atoms with van der Waals surface area (Å²) in [6.07, 6.45) is 4.86.